The minimum atomic E-state index is -0.176. The summed E-state index contributed by atoms with van der Waals surface area (Å²) in [5, 5.41) is 4.06. The summed E-state index contributed by atoms with van der Waals surface area (Å²) in [5.41, 5.74) is 1.08. The summed E-state index contributed by atoms with van der Waals surface area (Å²) in [4.78, 5) is 25.2. The second-order valence-electron chi connectivity index (χ2n) is 8.86. The lowest BCUT2D eigenvalue weighted by Gasteiger charge is -2.56. The maximum absolute atomic E-state index is 12.9. The van der Waals surface area contributed by atoms with Crippen LogP contribution in [0.3, 0.4) is 0 Å². The van der Waals surface area contributed by atoms with Crippen LogP contribution in [0.1, 0.15) is 64.5 Å². The highest BCUT2D eigenvalue weighted by molar-refractivity contribution is 7.07. The molecular formula is C22H30O4S. The lowest BCUT2D eigenvalue weighted by Crippen LogP contribution is -2.56. The van der Waals surface area contributed by atoms with Gasteiger partial charge in [-0.25, -0.2) is 0 Å². The van der Waals surface area contributed by atoms with E-state index in [2.05, 4.69) is 0 Å². The molecule has 148 valence electrons. The second kappa shape index (κ2) is 7.57. The monoisotopic (exact) mass is 390 g/mol. The zero-order valence-electron chi connectivity index (χ0n) is 16.4. The van der Waals surface area contributed by atoms with Crippen molar-refractivity contribution in [2.75, 3.05) is 0 Å². The van der Waals surface area contributed by atoms with Crippen LogP contribution in [0.25, 0.3) is 0 Å². The first-order chi connectivity index (χ1) is 13.0. The van der Waals surface area contributed by atoms with Gasteiger partial charge in [-0.3, -0.25) is 9.59 Å². The first kappa shape index (κ1) is 19.0. The normalized spacial score (nSPS) is 36.3. The molecule has 0 spiro atoms. The Hall–Kier alpha value is -1.36. The van der Waals surface area contributed by atoms with Gasteiger partial charge in [0.2, 0.25) is 0 Å². The highest BCUT2D eigenvalue weighted by atomic mass is 32.1. The van der Waals surface area contributed by atoms with Crippen molar-refractivity contribution in [1.82, 2.24) is 0 Å². The summed E-state index contributed by atoms with van der Waals surface area (Å²) in [6.07, 6.45) is 4.71. The fourth-order valence-electron chi connectivity index (χ4n) is 5.65. The van der Waals surface area contributed by atoms with Crippen LogP contribution in [0.2, 0.25) is 0 Å². The van der Waals surface area contributed by atoms with Crippen LogP contribution >= 0.6 is 11.3 Å². The summed E-state index contributed by atoms with van der Waals surface area (Å²) in [7, 11) is 0. The first-order valence-corrected chi connectivity index (χ1v) is 11.3. The van der Waals surface area contributed by atoms with Gasteiger partial charge in [-0.15, -0.1) is 0 Å². The van der Waals surface area contributed by atoms with Crippen molar-refractivity contribution < 1.29 is 19.1 Å². The van der Waals surface area contributed by atoms with E-state index in [1.165, 1.54) is 0 Å². The van der Waals surface area contributed by atoms with Gasteiger partial charge in [0.1, 0.15) is 12.2 Å². The lowest BCUT2D eigenvalue weighted by atomic mass is 9.50. The molecule has 1 heterocycles. The summed E-state index contributed by atoms with van der Waals surface area (Å²) < 4.78 is 11.8. The van der Waals surface area contributed by atoms with Gasteiger partial charge in [-0.05, 0) is 79.5 Å². The molecule has 4 saturated carbocycles. The molecule has 27 heavy (non-hydrogen) atoms. The number of esters is 2. The summed E-state index contributed by atoms with van der Waals surface area (Å²) >= 11 is 1.63. The zero-order chi connectivity index (χ0) is 19.1. The van der Waals surface area contributed by atoms with Crippen molar-refractivity contribution in [2.45, 2.75) is 65.1 Å². The second-order valence-corrected chi connectivity index (χ2v) is 9.64. The zero-order valence-corrected chi connectivity index (χ0v) is 17.2. The third-order valence-corrected chi connectivity index (χ3v) is 7.91. The van der Waals surface area contributed by atoms with Gasteiger partial charge >= 0.3 is 11.9 Å². The molecule has 1 aromatic rings. The number of carbonyl (C=O) groups is 2. The number of thiophene rings is 1. The predicted octanol–water partition coefficient (Wildman–Crippen LogP) is 4.99. The van der Waals surface area contributed by atoms with Crippen LogP contribution in [0.4, 0.5) is 0 Å². The van der Waals surface area contributed by atoms with Crippen LogP contribution in [0.5, 0.6) is 0 Å². The van der Waals surface area contributed by atoms with Crippen molar-refractivity contribution in [2.24, 2.45) is 35.5 Å². The molecule has 4 bridgehead atoms. The van der Waals surface area contributed by atoms with Crippen LogP contribution in [-0.4, -0.2) is 18.0 Å². The molecule has 0 radical (unpaired) electrons. The molecule has 0 saturated heterocycles. The molecule has 2 unspecified atom stereocenters. The Bertz CT molecular complexity index is 652. The highest BCUT2D eigenvalue weighted by Gasteiger charge is 2.56. The van der Waals surface area contributed by atoms with Gasteiger partial charge in [0, 0.05) is 5.56 Å². The molecule has 4 fully saturated rings. The molecule has 4 aliphatic rings. The van der Waals surface area contributed by atoms with E-state index >= 15 is 0 Å². The topological polar surface area (TPSA) is 52.6 Å². The van der Waals surface area contributed by atoms with Crippen molar-refractivity contribution in [3.63, 3.8) is 0 Å². The lowest BCUT2D eigenvalue weighted by molar-refractivity contribution is -0.191. The largest absolute Gasteiger partial charge is 0.462 e. The maximum Gasteiger partial charge on any atom is 0.310 e. The SMILES string of the molecule is CCC(C)C(=O)OC1C2CC3CC1CC(C2)C3C(=O)OC(C)c1ccsc1. The number of hydrogen-bond donors (Lipinski definition) is 0. The van der Waals surface area contributed by atoms with Gasteiger partial charge in [-0.1, -0.05) is 13.8 Å². The number of rotatable bonds is 6. The van der Waals surface area contributed by atoms with Gasteiger partial charge in [0.05, 0.1) is 11.8 Å². The van der Waals surface area contributed by atoms with E-state index in [-0.39, 0.29) is 36.0 Å². The van der Waals surface area contributed by atoms with Gasteiger partial charge < -0.3 is 9.47 Å². The van der Waals surface area contributed by atoms with E-state index in [1.807, 2.05) is 37.6 Å². The Labute approximate surface area is 165 Å². The van der Waals surface area contributed by atoms with Gasteiger partial charge in [0.25, 0.3) is 0 Å². The van der Waals surface area contributed by atoms with E-state index in [4.69, 9.17) is 9.47 Å². The van der Waals surface area contributed by atoms with E-state index < -0.39 is 0 Å². The molecule has 4 nitrogen and oxygen atoms in total. The van der Waals surface area contributed by atoms with Crippen molar-refractivity contribution in [3.05, 3.63) is 22.4 Å². The summed E-state index contributed by atoms with van der Waals surface area (Å²) in [6, 6.07) is 2.02. The van der Waals surface area contributed by atoms with E-state index in [0.717, 1.165) is 37.7 Å². The minimum Gasteiger partial charge on any atom is -0.462 e. The van der Waals surface area contributed by atoms with Crippen molar-refractivity contribution in [3.8, 4) is 0 Å². The number of carbonyl (C=O) groups excluding carboxylic acids is 2. The molecule has 0 aliphatic heterocycles. The molecule has 2 atom stereocenters. The van der Waals surface area contributed by atoms with Crippen molar-refractivity contribution >= 4 is 23.3 Å². The standard InChI is InChI=1S/C22H30O4S/c1-4-12(2)21(23)26-20-17-7-15-8-18(20)10-16(9-17)19(15)22(24)25-13(3)14-5-6-27-11-14/h5-6,11-13,15-20H,4,7-10H2,1-3H3. The van der Waals surface area contributed by atoms with Crippen LogP contribution in [0, 0.1) is 35.5 Å². The summed E-state index contributed by atoms with van der Waals surface area (Å²) in [6.45, 7) is 5.93. The average molecular weight is 391 g/mol. The van der Waals surface area contributed by atoms with Crippen LogP contribution < -0.4 is 0 Å². The van der Waals surface area contributed by atoms with Crippen LogP contribution in [-0.2, 0) is 19.1 Å². The van der Waals surface area contributed by atoms with E-state index in [0.29, 0.717) is 23.7 Å². The molecule has 0 N–H and O–H groups in total. The molecule has 1 aromatic heterocycles. The maximum atomic E-state index is 12.9. The van der Waals surface area contributed by atoms with Crippen LogP contribution in [0.15, 0.2) is 16.8 Å². The fraction of sp³-hybridized carbons (Fsp3) is 0.727. The quantitative estimate of drug-likeness (QED) is 0.642. The third kappa shape index (κ3) is 3.55. The van der Waals surface area contributed by atoms with Crippen molar-refractivity contribution in [1.29, 1.82) is 0 Å². The van der Waals surface area contributed by atoms with Gasteiger partial charge in [-0.2, -0.15) is 11.3 Å². The molecule has 0 amide bonds. The first-order valence-electron chi connectivity index (χ1n) is 10.4. The van der Waals surface area contributed by atoms with E-state index in [9.17, 15) is 9.59 Å². The Balaban J connectivity index is 1.39. The Morgan fingerprint density at radius 1 is 1.11 bits per heavy atom. The Morgan fingerprint density at radius 3 is 2.26 bits per heavy atom. The summed E-state index contributed by atoms with van der Waals surface area (Å²) in [5.74, 6) is 1.60. The predicted molar refractivity (Wildman–Crippen MR) is 104 cm³/mol. The van der Waals surface area contributed by atoms with Gasteiger partial charge in [0.15, 0.2) is 0 Å². The number of hydrogen-bond acceptors (Lipinski definition) is 5. The molecular weight excluding hydrogens is 360 g/mol. The smallest absolute Gasteiger partial charge is 0.310 e. The Kier molecular flexibility index (Phi) is 5.32. The minimum absolute atomic E-state index is 0.0179. The fourth-order valence-corrected chi connectivity index (χ4v) is 6.40. The third-order valence-electron chi connectivity index (χ3n) is 7.21. The highest BCUT2D eigenvalue weighted by Crippen LogP contribution is 2.58. The number of ether oxygens (including phenoxy) is 2. The Morgan fingerprint density at radius 2 is 1.74 bits per heavy atom. The average Bonchev–Trinajstić information content (AvgIpc) is 3.17. The molecule has 4 aliphatic carbocycles. The molecule has 5 heteroatoms. The molecule has 0 aromatic carbocycles. The van der Waals surface area contributed by atoms with E-state index in [1.54, 1.807) is 11.3 Å². The molecule has 5 rings (SSSR count).